The van der Waals surface area contributed by atoms with Crippen molar-refractivity contribution in [2.75, 3.05) is 26.9 Å². The van der Waals surface area contributed by atoms with E-state index in [4.69, 9.17) is 32.2 Å². The molecule has 2 aromatic rings. The number of halogens is 1. The molecule has 0 aliphatic rings. The molecule has 1 atom stereocenters. The molecule has 0 aliphatic carbocycles. The molecule has 0 fully saturated rings. The smallest absolute Gasteiger partial charge is 0.251 e. The van der Waals surface area contributed by atoms with Crippen LogP contribution in [0.3, 0.4) is 0 Å². The van der Waals surface area contributed by atoms with Crippen LogP contribution in [0.15, 0.2) is 42.5 Å². The number of nitrogens with one attached hydrogen (secondary N) is 1. The lowest BCUT2D eigenvalue weighted by Crippen LogP contribution is -2.38. The Morgan fingerprint density at radius 3 is 2.62 bits per heavy atom. The van der Waals surface area contributed by atoms with Crippen LogP contribution in [0.4, 0.5) is 0 Å². The number of hydrogen-bond acceptors (Lipinski definition) is 5. The SMILES string of the molecule is C#CCOc1ccc(CCNC(=O)[C@H](O)COCc2ccc(Cl)cc2)cc1OC. The van der Waals surface area contributed by atoms with Gasteiger partial charge in [0.2, 0.25) is 0 Å². The van der Waals surface area contributed by atoms with Crippen molar-refractivity contribution in [1.29, 1.82) is 0 Å². The summed E-state index contributed by atoms with van der Waals surface area (Å²) < 4.78 is 16.1. The number of ether oxygens (including phenoxy) is 3. The predicted octanol–water partition coefficient (Wildman–Crippen LogP) is 2.60. The highest BCUT2D eigenvalue weighted by molar-refractivity contribution is 6.30. The summed E-state index contributed by atoms with van der Waals surface area (Å²) in [6, 6.07) is 12.6. The average Bonchev–Trinajstić information content (AvgIpc) is 2.73. The zero-order chi connectivity index (χ0) is 21.1. The van der Waals surface area contributed by atoms with Crippen LogP contribution in [0.5, 0.6) is 11.5 Å². The van der Waals surface area contributed by atoms with E-state index in [0.717, 1.165) is 11.1 Å². The van der Waals surface area contributed by atoms with E-state index in [2.05, 4.69) is 11.2 Å². The summed E-state index contributed by atoms with van der Waals surface area (Å²) in [5.41, 5.74) is 1.86. The van der Waals surface area contributed by atoms with Gasteiger partial charge in [-0.25, -0.2) is 0 Å². The molecule has 0 saturated heterocycles. The average molecular weight is 418 g/mol. The van der Waals surface area contributed by atoms with E-state index in [1.165, 1.54) is 0 Å². The van der Waals surface area contributed by atoms with Crippen LogP contribution < -0.4 is 14.8 Å². The van der Waals surface area contributed by atoms with E-state index >= 15 is 0 Å². The number of amides is 1. The van der Waals surface area contributed by atoms with Crippen molar-refractivity contribution >= 4 is 17.5 Å². The van der Waals surface area contributed by atoms with Gasteiger partial charge in [-0.1, -0.05) is 35.7 Å². The Morgan fingerprint density at radius 1 is 1.21 bits per heavy atom. The van der Waals surface area contributed by atoms with E-state index in [1.54, 1.807) is 25.3 Å². The first kappa shape index (κ1) is 22.6. The summed E-state index contributed by atoms with van der Waals surface area (Å²) in [6.07, 6.45) is 4.52. The monoisotopic (exact) mass is 417 g/mol. The minimum Gasteiger partial charge on any atom is -0.493 e. The van der Waals surface area contributed by atoms with Crippen LogP contribution in [0.25, 0.3) is 0 Å². The predicted molar refractivity (Wildman–Crippen MR) is 111 cm³/mol. The van der Waals surface area contributed by atoms with E-state index in [9.17, 15) is 9.90 Å². The lowest BCUT2D eigenvalue weighted by atomic mass is 10.1. The van der Waals surface area contributed by atoms with Crippen molar-refractivity contribution in [3.05, 3.63) is 58.6 Å². The van der Waals surface area contributed by atoms with Gasteiger partial charge in [-0.3, -0.25) is 4.79 Å². The molecule has 2 rings (SSSR count). The van der Waals surface area contributed by atoms with E-state index in [-0.39, 0.29) is 19.8 Å². The summed E-state index contributed by atoms with van der Waals surface area (Å²) >= 11 is 5.82. The second-order valence-corrected chi connectivity index (χ2v) is 6.61. The number of carbonyl (C=O) groups is 1. The molecule has 0 saturated carbocycles. The molecule has 0 spiro atoms. The Hall–Kier alpha value is -2.72. The molecule has 0 aromatic heterocycles. The van der Waals surface area contributed by atoms with Gasteiger partial charge in [0, 0.05) is 11.6 Å². The van der Waals surface area contributed by atoms with Gasteiger partial charge in [-0.05, 0) is 41.8 Å². The molecule has 0 radical (unpaired) electrons. The quantitative estimate of drug-likeness (QED) is 0.549. The van der Waals surface area contributed by atoms with Crippen molar-refractivity contribution in [3.63, 3.8) is 0 Å². The summed E-state index contributed by atoms with van der Waals surface area (Å²) in [6.45, 7) is 0.712. The van der Waals surface area contributed by atoms with Crippen LogP contribution >= 0.6 is 11.6 Å². The van der Waals surface area contributed by atoms with Crippen LogP contribution in [-0.2, 0) is 22.6 Å². The lowest BCUT2D eigenvalue weighted by molar-refractivity contribution is -0.132. The number of aliphatic hydroxyl groups is 1. The second-order valence-electron chi connectivity index (χ2n) is 6.18. The molecule has 2 aromatic carbocycles. The fraction of sp³-hybridized carbons (Fsp3) is 0.318. The summed E-state index contributed by atoms with van der Waals surface area (Å²) in [7, 11) is 1.55. The van der Waals surface area contributed by atoms with Gasteiger partial charge in [0.15, 0.2) is 17.6 Å². The maximum atomic E-state index is 12.0. The highest BCUT2D eigenvalue weighted by Gasteiger charge is 2.15. The highest BCUT2D eigenvalue weighted by Crippen LogP contribution is 2.28. The normalized spacial score (nSPS) is 11.4. The van der Waals surface area contributed by atoms with E-state index < -0.39 is 12.0 Å². The first-order chi connectivity index (χ1) is 14.0. The highest BCUT2D eigenvalue weighted by atomic mass is 35.5. The number of aliphatic hydroxyl groups excluding tert-OH is 1. The number of hydrogen-bond donors (Lipinski definition) is 2. The summed E-state index contributed by atoms with van der Waals surface area (Å²) in [5.74, 6) is 3.05. The maximum Gasteiger partial charge on any atom is 0.251 e. The van der Waals surface area contributed by atoms with Gasteiger partial charge >= 0.3 is 0 Å². The molecule has 0 aliphatic heterocycles. The number of methoxy groups -OCH3 is 1. The molecule has 0 unspecified atom stereocenters. The number of terminal acetylenes is 1. The zero-order valence-electron chi connectivity index (χ0n) is 16.2. The van der Waals surface area contributed by atoms with Gasteiger partial charge in [0.25, 0.3) is 5.91 Å². The lowest BCUT2D eigenvalue weighted by Gasteiger charge is -2.13. The Labute approximate surface area is 175 Å². The van der Waals surface area contributed by atoms with Crippen LogP contribution in [0, 0.1) is 12.3 Å². The molecule has 6 nitrogen and oxygen atoms in total. The van der Waals surface area contributed by atoms with Crippen LogP contribution in [0.1, 0.15) is 11.1 Å². The van der Waals surface area contributed by atoms with Gasteiger partial charge in [0.05, 0.1) is 20.3 Å². The fourth-order valence-electron chi connectivity index (χ4n) is 2.50. The Bertz CT molecular complexity index is 832. The van der Waals surface area contributed by atoms with E-state index in [1.807, 2.05) is 24.3 Å². The Morgan fingerprint density at radius 2 is 1.93 bits per heavy atom. The molecule has 0 heterocycles. The van der Waals surface area contributed by atoms with Crippen LogP contribution in [0.2, 0.25) is 5.02 Å². The number of benzene rings is 2. The fourth-order valence-corrected chi connectivity index (χ4v) is 2.62. The summed E-state index contributed by atoms with van der Waals surface area (Å²) in [5, 5.41) is 13.3. The number of carbonyl (C=O) groups excluding carboxylic acids is 1. The third kappa shape index (κ3) is 7.66. The zero-order valence-corrected chi connectivity index (χ0v) is 16.9. The topological polar surface area (TPSA) is 77.0 Å². The minimum absolute atomic E-state index is 0.0938. The third-order valence-electron chi connectivity index (χ3n) is 4.01. The molecule has 154 valence electrons. The first-order valence-corrected chi connectivity index (χ1v) is 9.42. The standard InChI is InChI=1S/C22H24ClNO5/c1-3-12-29-20-9-6-16(13-21(20)27-2)10-11-24-22(26)19(25)15-28-14-17-4-7-18(23)8-5-17/h1,4-9,13,19,25H,10-12,14-15H2,2H3,(H,24,26)/t19-/m1/s1. The van der Waals surface area contributed by atoms with Crippen molar-refractivity contribution < 1.29 is 24.1 Å². The van der Waals surface area contributed by atoms with Gasteiger partial charge in [0.1, 0.15) is 6.61 Å². The van der Waals surface area contributed by atoms with Gasteiger partial charge in [-0.15, -0.1) is 6.42 Å². The largest absolute Gasteiger partial charge is 0.493 e. The van der Waals surface area contributed by atoms with Gasteiger partial charge in [-0.2, -0.15) is 0 Å². The van der Waals surface area contributed by atoms with Crippen molar-refractivity contribution in [2.24, 2.45) is 0 Å². The Balaban J connectivity index is 1.72. The molecule has 7 heteroatoms. The summed E-state index contributed by atoms with van der Waals surface area (Å²) in [4.78, 5) is 12.0. The maximum absolute atomic E-state index is 12.0. The molecule has 1 amide bonds. The van der Waals surface area contributed by atoms with E-state index in [0.29, 0.717) is 29.5 Å². The molecular formula is C22H24ClNO5. The van der Waals surface area contributed by atoms with Crippen LogP contribution in [-0.4, -0.2) is 44.0 Å². The first-order valence-electron chi connectivity index (χ1n) is 9.04. The van der Waals surface area contributed by atoms with Crippen molar-refractivity contribution in [2.45, 2.75) is 19.1 Å². The second kappa shape index (κ2) is 12.0. The molecule has 0 bridgehead atoms. The molecule has 2 N–H and O–H groups in total. The van der Waals surface area contributed by atoms with Crippen molar-refractivity contribution in [3.8, 4) is 23.8 Å². The minimum atomic E-state index is -1.24. The molecule has 29 heavy (non-hydrogen) atoms. The van der Waals surface area contributed by atoms with Gasteiger partial charge < -0.3 is 24.6 Å². The van der Waals surface area contributed by atoms with Crippen molar-refractivity contribution in [1.82, 2.24) is 5.32 Å². The third-order valence-corrected chi connectivity index (χ3v) is 4.26. The Kier molecular flexibility index (Phi) is 9.32. The number of rotatable bonds is 11. The molecular weight excluding hydrogens is 394 g/mol.